The van der Waals surface area contributed by atoms with Gasteiger partial charge in [-0.25, -0.2) is 4.99 Å². The summed E-state index contributed by atoms with van der Waals surface area (Å²) in [5.41, 5.74) is 1.45. The zero-order valence-corrected chi connectivity index (χ0v) is 9.55. The lowest BCUT2D eigenvalue weighted by molar-refractivity contribution is 0.625. The molecule has 1 aromatic carbocycles. The summed E-state index contributed by atoms with van der Waals surface area (Å²) in [6, 6.07) is 11.1. The van der Waals surface area contributed by atoms with Crippen LogP contribution in [-0.4, -0.2) is 18.6 Å². The summed E-state index contributed by atoms with van der Waals surface area (Å²) >= 11 is 0. The largest absolute Gasteiger partial charge is 0.264 e. The van der Waals surface area contributed by atoms with Crippen LogP contribution in [0.15, 0.2) is 40.3 Å². The second-order valence-electron chi connectivity index (χ2n) is 4.21. The van der Waals surface area contributed by atoms with Crippen LogP contribution in [0.5, 0.6) is 0 Å². The molecule has 0 aliphatic carbocycles. The molecule has 2 nitrogen and oxygen atoms in total. The number of unbranched alkanes of at least 4 members (excludes halogenated alkanes) is 2. The van der Waals surface area contributed by atoms with Gasteiger partial charge >= 0.3 is 0 Å². The van der Waals surface area contributed by atoms with Gasteiger partial charge in [0, 0.05) is 6.21 Å². The summed E-state index contributed by atoms with van der Waals surface area (Å²) < 4.78 is 0. The highest BCUT2D eigenvalue weighted by Crippen LogP contribution is 2.10. The quantitative estimate of drug-likeness (QED) is 0.649. The molecule has 1 unspecified atom stereocenters. The first-order valence-electron chi connectivity index (χ1n) is 6.04. The molecule has 0 aromatic heterocycles. The zero-order chi connectivity index (χ0) is 11.1. The molecule has 16 heavy (non-hydrogen) atoms. The second kappa shape index (κ2) is 6.21. The Kier molecular flexibility index (Phi) is 4.29. The molecule has 2 heteroatoms. The van der Waals surface area contributed by atoms with Crippen molar-refractivity contribution in [2.75, 3.05) is 0 Å². The fourth-order valence-electron chi connectivity index (χ4n) is 1.95. The molecule has 84 valence electrons. The third-order valence-electron chi connectivity index (χ3n) is 2.89. The van der Waals surface area contributed by atoms with Crippen molar-refractivity contribution in [1.29, 1.82) is 0 Å². The van der Waals surface area contributed by atoms with Crippen molar-refractivity contribution in [3.63, 3.8) is 0 Å². The molecule has 2 rings (SSSR count). The predicted octanol–water partition coefficient (Wildman–Crippen LogP) is 3.27. The molecule has 1 aliphatic heterocycles. The predicted molar refractivity (Wildman–Crippen MR) is 69.4 cm³/mol. The van der Waals surface area contributed by atoms with E-state index in [1.165, 1.54) is 31.2 Å². The van der Waals surface area contributed by atoms with Gasteiger partial charge in [-0.3, -0.25) is 4.99 Å². The van der Waals surface area contributed by atoms with Crippen molar-refractivity contribution in [3.8, 4) is 0 Å². The molecule has 0 N–H and O–H groups in total. The van der Waals surface area contributed by atoms with Crippen LogP contribution in [0.4, 0.5) is 0 Å². The van der Waals surface area contributed by atoms with Crippen LogP contribution in [0.3, 0.4) is 0 Å². The first-order valence-corrected chi connectivity index (χ1v) is 6.04. The van der Waals surface area contributed by atoms with Crippen LogP contribution in [0.25, 0.3) is 0 Å². The molecule has 0 radical (unpaired) electrons. The van der Waals surface area contributed by atoms with E-state index < -0.39 is 0 Å². The maximum absolute atomic E-state index is 4.24. The lowest BCUT2D eigenvalue weighted by atomic mass is 10.0. The Bertz CT molecular complexity index is 342. The van der Waals surface area contributed by atoms with Crippen LogP contribution >= 0.6 is 0 Å². The topological polar surface area (TPSA) is 24.7 Å². The lowest BCUT2D eigenvalue weighted by Crippen LogP contribution is -2.01. The van der Waals surface area contributed by atoms with E-state index in [1.807, 2.05) is 6.21 Å². The minimum Gasteiger partial charge on any atom is -0.264 e. The number of rotatable bonds is 6. The van der Waals surface area contributed by atoms with Crippen LogP contribution < -0.4 is 0 Å². The molecule has 1 heterocycles. The van der Waals surface area contributed by atoms with Crippen molar-refractivity contribution >= 4 is 12.6 Å². The number of nitrogens with zero attached hydrogens (tertiary/aromatic N) is 2. The number of hydrogen-bond donors (Lipinski definition) is 0. The minimum absolute atomic E-state index is 0.358. The fraction of sp³-hybridized carbons (Fsp3) is 0.429. The lowest BCUT2D eigenvalue weighted by Gasteiger charge is -2.03. The molecule has 0 bridgehead atoms. The van der Waals surface area contributed by atoms with Crippen LogP contribution in [0.2, 0.25) is 0 Å². The van der Waals surface area contributed by atoms with E-state index in [0.29, 0.717) is 6.04 Å². The zero-order valence-electron chi connectivity index (χ0n) is 9.55. The Labute approximate surface area is 97.1 Å². The average molecular weight is 214 g/mol. The van der Waals surface area contributed by atoms with Gasteiger partial charge in [-0.05, 0) is 24.8 Å². The van der Waals surface area contributed by atoms with E-state index in [4.69, 9.17) is 0 Å². The molecule has 0 amide bonds. The maximum atomic E-state index is 4.24. The third-order valence-corrected chi connectivity index (χ3v) is 2.89. The van der Waals surface area contributed by atoms with Gasteiger partial charge < -0.3 is 0 Å². The highest BCUT2D eigenvalue weighted by Gasteiger charge is 2.04. The van der Waals surface area contributed by atoms with Crippen LogP contribution in [-0.2, 0) is 6.42 Å². The van der Waals surface area contributed by atoms with Crippen molar-refractivity contribution in [3.05, 3.63) is 35.9 Å². The maximum Gasteiger partial charge on any atom is 0.110 e. The highest BCUT2D eigenvalue weighted by atomic mass is 14.9. The Hall–Kier alpha value is -1.44. The Balaban J connectivity index is 1.55. The summed E-state index contributed by atoms with van der Waals surface area (Å²) in [6.45, 7) is 0. The van der Waals surface area contributed by atoms with Crippen molar-refractivity contribution in [2.24, 2.45) is 9.98 Å². The molecular formula is C14H18N2. The standard InChI is InChI=1S/C14H18N2/c1-3-7-13(8-4-1)9-5-2-6-10-14-11-15-12-16-14/h1,3-4,7-8,11-12,14H,2,5-6,9-10H2. The van der Waals surface area contributed by atoms with Crippen LogP contribution in [0.1, 0.15) is 31.2 Å². The first kappa shape index (κ1) is 11.1. The van der Waals surface area contributed by atoms with Gasteiger partial charge in [-0.2, -0.15) is 0 Å². The summed E-state index contributed by atoms with van der Waals surface area (Å²) in [4.78, 5) is 8.24. The fourth-order valence-corrected chi connectivity index (χ4v) is 1.95. The van der Waals surface area contributed by atoms with Gasteiger partial charge in [-0.15, -0.1) is 0 Å². The third kappa shape index (κ3) is 3.61. The molecule has 0 fully saturated rings. The van der Waals surface area contributed by atoms with Gasteiger partial charge in [0.05, 0.1) is 6.04 Å². The van der Waals surface area contributed by atoms with E-state index in [2.05, 4.69) is 40.3 Å². The van der Waals surface area contributed by atoms with Crippen molar-refractivity contribution in [2.45, 2.75) is 38.1 Å². The summed E-state index contributed by atoms with van der Waals surface area (Å²) in [5.74, 6) is 0. The molecule has 1 aromatic rings. The van der Waals surface area contributed by atoms with E-state index >= 15 is 0 Å². The average Bonchev–Trinajstić information content (AvgIpc) is 2.83. The van der Waals surface area contributed by atoms with E-state index in [9.17, 15) is 0 Å². The number of benzene rings is 1. The summed E-state index contributed by atoms with van der Waals surface area (Å²) in [5, 5.41) is 0. The first-order chi connectivity index (χ1) is 7.95. The monoisotopic (exact) mass is 214 g/mol. The molecule has 0 spiro atoms. The molecule has 0 saturated heterocycles. The normalized spacial score (nSPS) is 18.1. The highest BCUT2D eigenvalue weighted by molar-refractivity contribution is 5.82. The van der Waals surface area contributed by atoms with Gasteiger partial charge in [0.1, 0.15) is 6.34 Å². The van der Waals surface area contributed by atoms with E-state index in [0.717, 1.165) is 6.42 Å². The SMILES string of the molecule is C1=NC=NC1CCCCCc1ccccc1. The Morgan fingerprint density at radius 3 is 2.62 bits per heavy atom. The molecular weight excluding hydrogens is 196 g/mol. The van der Waals surface area contributed by atoms with E-state index in [1.54, 1.807) is 6.34 Å². The van der Waals surface area contributed by atoms with Crippen LogP contribution in [0, 0.1) is 0 Å². The van der Waals surface area contributed by atoms with Gasteiger partial charge in [-0.1, -0.05) is 43.2 Å². The Morgan fingerprint density at radius 1 is 1.00 bits per heavy atom. The smallest absolute Gasteiger partial charge is 0.110 e. The number of aryl methyl sites for hydroxylation is 1. The van der Waals surface area contributed by atoms with Crippen molar-refractivity contribution in [1.82, 2.24) is 0 Å². The molecule has 1 aliphatic rings. The minimum atomic E-state index is 0.358. The van der Waals surface area contributed by atoms with Gasteiger partial charge in [0.2, 0.25) is 0 Å². The van der Waals surface area contributed by atoms with Gasteiger partial charge in [0.15, 0.2) is 0 Å². The molecule has 1 atom stereocenters. The summed E-state index contributed by atoms with van der Waals surface area (Å²) in [6.07, 6.45) is 9.76. The number of hydrogen-bond acceptors (Lipinski definition) is 2. The Morgan fingerprint density at radius 2 is 1.88 bits per heavy atom. The molecule has 0 saturated carbocycles. The number of aliphatic imine (C=N–C) groups is 2. The second-order valence-corrected chi connectivity index (χ2v) is 4.21. The van der Waals surface area contributed by atoms with E-state index in [-0.39, 0.29) is 0 Å². The van der Waals surface area contributed by atoms with Gasteiger partial charge in [0.25, 0.3) is 0 Å². The van der Waals surface area contributed by atoms with Crippen molar-refractivity contribution < 1.29 is 0 Å². The summed E-state index contributed by atoms with van der Waals surface area (Å²) in [7, 11) is 0.